The van der Waals surface area contributed by atoms with Crippen LogP contribution in [-0.4, -0.2) is 30.0 Å². The van der Waals surface area contributed by atoms with Crippen LogP contribution in [0.3, 0.4) is 0 Å². The highest BCUT2D eigenvalue weighted by atomic mass is 16.5. The van der Waals surface area contributed by atoms with Crippen molar-refractivity contribution < 1.29 is 9.53 Å². The minimum absolute atomic E-state index is 0.0345. The van der Waals surface area contributed by atoms with Crippen LogP contribution in [-0.2, 0) is 16.0 Å². The van der Waals surface area contributed by atoms with E-state index in [1.165, 1.54) is 5.56 Å². The maximum Gasteiger partial charge on any atom is 0.294 e. The summed E-state index contributed by atoms with van der Waals surface area (Å²) in [5, 5.41) is 0. The molecule has 0 saturated carbocycles. The van der Waals surface area contributed by atoms with E-state index < -0.39 is 0 Å². The zero-order chi connectivity index (χ0) is 16.1. The number of amides is 1. The molecule has 0 radical (unpaired) electrons. The second-order valence-corrected chi connectivity index (χ2v) is 5.55. The summed E-state index contributed by atoms with van der Waals surface area (Å²) in [6.45, 7) is 2.62. The third-order valence-corrected chi connectivity index (χ3v) is 3.88. The molecule has 118 valence electrons. The molecule has 1 atom stereocenters. The van der Waals surface area contributed by atoms with Gasteiger partial charge in [0.05, 0.1) is 12.6 Å². The number of benzene rings is 2. The Morgan fingerprint density at radius 1 is 1.13 bits per heavy atom. The molecule has 0 spiro atoms. The molecule has 1 aliphatic heterocycles. The van der Waals surface area contributed by atoms with Crippen molar-refractivity contribution >= 4 is 11.9 Å². The first kappa shape index (κ1) is 15.3. The molecular weight excluding hydrogens is 288 g/mol. The Hall–Kier alpha value is -2.62. The normalized spacial score (nSPS) is 17.1. The lowest BCUT2D eigenvalue weighted by Crippen LogP contribution is -2.31. The molecule has 3 rings (SSSR count). The predicted octanol–water partition coefficient (Wildman–Crippen LogP) is 3.21. The maximum atomic E-state index is 11.7. The van der Waals surface area contributed by atoms with Crippen LogP contribution in [0.25, 0.3) is 0 Å². The highest BCUT2D eigenvalue weighted by Crippen LogP contribution is 2.24. The van der Waals surface area contributed by atoms with Crippen LogP contribution >= 0.6 is 0 Å². The van der Waals surface area contributed by atoms with E-state index in [1.54, 1.807) is 11.8 Å². The van der Waals surface area contributed by atoms with Crippen LogP contribution in [0.4, 0.5) is 0 Å². The van der Waals surface area contributed by atoms with E-state index in [9.17, 15) is 4.79 Å². The highest BCUT2D eigenvalue weighted by Gasteiger charge is 2.25. The van der Waals surface area contributed by atoms with Crippen molar-refractivity contribution in [2.24, 2.45) is 4.99 Å². The Kier molecular flexibility index (Phi) is 4.71. The van der Waals surface area contributed by atoms with Crippen molar-refractivity contribution in [2.45, 2.75) is 19.4 Å². The molecule has 0 N–H and O–H groups in total. The zero-order valence-electron chi connectivity index (χ0n) is 13.2. The van der Waals surface area contributed by atoms with E-state index >= 15 is 0 Å². The minimum atomic E-state index is -0.0754. The van der Waals surface area contributed by atoms with Gasteiger partial charge in [0.2, 0.25) is 5.91 Å². The lowest BCUT2D eigenvalue weighted by Gasteiger charge is -2.17. The van der Waals surface area contributed by atoms with Gasteiger partial charge >= 0.3 is 0 Å². The number of carbonyl (C=O) groups excluding carboxylic acids is 1. The van der Waals surface area contributed by atoms with Gasteiger partial charge in [0.15, 0.2) is 0 Å². The molecular formula is C19H20N2O2. The molecule has 1 amide bonds. The summed E-state index contributed by atoms with van der Waals surface area (Å²) in [5.74, 6) is -0.0345. The van der Waals surface area contributed by atoms with E-state index in [1.807, 2.05) is 36.4 Å². The number of ether oxygens (including phenoxy) is 1. The van der Waals surface area contributed by atoms with Crippen molar-refractivity contribution in [1.29, 1.82) is 0 Å². The van der Waals surface area contributed by atoms with Crippen molar-refractivity contribution in [3.05, 3.63) is 71.8 Å². The van der Waals surface area contributed by atoms with Crippen LogP contribution in [0.1, 0.15) is 24.1 Å². The summed E-state index contributed by atoms with van der Waals surface area (Å²) in [7, 11) is 0. The topological polar surface area (TPSA) is 41.9 Å². The number of hydrogen-bond acceptors (Lipinski definition) is 3. The molecule has 4 heteroatoms. The van der Waals surface area contributed by atoms with Crippen LogP contribution in [0.2, 0.25) is 0 Å². The number of hydrogen-bond donors (Lipinski definition) is 0. The molecule has 1 heterocycles. The first-order valence-electron chi connectivity index (χ1n) is 7.81. The summed E-state index contributed by atoms with van der Waals surface area (Å²) in [5.41, 5.74) is 2.32. The third-order valence-electron chi connectivity index (χ3n) is 3.88. The molecule has 4 nitrogen and oxygen atoms in total. The van der Waals surface area contributed by atoms with Crippen LogP contribution in [0.5, 0.6) is 0 Å². The zero-order valence-corrected chi connectivity index (χ0v) is 13.2. The van der Waals surface area contributed by atoms with Gasteiger partial charge in [0.1, 0.15) is 6.61 Å². The molecule has 0 aliphatic carbocycles. The number of carbonyl (C=O) groups is 1. The second-order valence-electron chi connectivity index (χ2n) is 5.55. The van der Waals surface area contributed by atoms with E-state index in [2.05, 4.69) is 24.3 Å². The van der Waals surface area contributed by atoms with Gasteiger partial charge in [-0.15, -0.1) is 0 Å². The average molecular weight is 308 g/mol. The molecule has 1 fully saturated rings. The van der Waals surface area contributed by atoms with Gasteiger partial charge < -0.3 is 4.74 Å². The molecule has 2 aromatic carbocycles. The van der Waals surface area contributed by atoms with E-state index in [0.717, 1.165) is 12.0 Å². The van der Waals surface area contributed by atoms with E-state index in [-0.39, 0.29) is 11.9 Å². The number of rotatable bonds is 4. The molecule has 1 saturated heterocycles. The predicted molar refractivity (Wildman–Crippen MR) is 90.1 cm³/mol. The monoisotopic (exact) mass is 308 g/mol. The minimum Gasteiger partial charge on any atom is -0.463 e. The third kappa shape index (κ3) is 3.77. The fraction of sp³-hybridized carbons (Fsp3) is 0.263. The Morgan fingerprint density at radius 3 is 2.43 bits per heavy atom. The van der Waals surface area contributed by atoms with Gasteiger partial charge in [-0.25, -0.2) is 4.99 Å². The Bertz CT molecular complexity index is 683. The largest absolute Gasteiger partial charge is 0.463 e. The number of aliphatic imine (C=N–C) groups is 1. The molecule has 1 aliphatic rings. The number of amidine groups is 1. The lowest BCUT2D eigenvalue weighted by molar-refractivity contribution is -0.124. The molecule has 0 bridgehead atoms. The average Bonchev–Trinajstić information content (AvgIpc) is 3.04. The first-order valence-corrected chi connectivity index (χ1v) is 7.81. The Labute approximate surface area is 136 Å². The fourth-order valence-corrected chi connectivity index (χ4v) is 2.68. The van der Waals surface area contributed by atoms with E-state index in [0.29, 0.717) is 19.2 Å². The lowest BCUT2D eigenvalue weighted by atomic mass is 9.99. The molecule has 2 aromatic rings. The Morgan fingerprint density at radius 2 is 1.78 bits per heavy atom. The van der Waals surface area contributed by atoms with Crippen molar-refractivity contribution in [1.82, 2.24) is 4.90 Å². The summed E-state index contributed by atoms with van der Waals surface area (Å²) in [4.78, 5) is 18.0. The van der Waals surface area contributed by atoms with Crippen molar-refractivity contribution in [2.75, 3.05) is 13.2 Å². The van der Waals surface area contributed by atoms with Crippen LogP contribution in [0.15, 0.2) is 65.7 Å². The van der Waals surface area contributed by atoms with Gasteiger partial charge in [-0.1, -0.05) is 60.7 Å². The van der Waals surface area contributed by atoms with Crippen LogP contribution in [0, 0.1) is 0 Å². The van der Waals surface area contributed by atoms with Gasteiger partial charge in [-0.2, -0.15) is 0 Å². The first-order chi connectivity index (χ1) is 11.2. The van der Waals surface area contributed by atoms with Gasteiger partial charge in [0, 0.05) is 6.92 Å². The Balaban J connectivity index is 1.91. The molecule has 0 aromatic heterocycles. The summed E-state index contributed by atoms with van der Waals surface area (Å²) in [6, 6.07) is 20.7. The van der Waals surface area contributed by atoms with Gasteiger partial charge in [-0.3, -0.25) is 9.69 Å². The smallest absolute Gasteiger partial charge is 0.294 e. The van der Waals surface area contributed by atoms with Gasteiger partial charge in [0.25, 0.3) is 6.02 Å². The summed E-state index contributed by atoms with van der Waals surface area (Å²) < 4.78 is 5.57. The second kappa shape index (κ2) is 7.09. The molecule has 23 heavy (non-hydrogen) atoms. The van der Waals surface area contributed by atoms with Crippen molar-refractivity contribution in [3.63, 3.8) is 0 Å². The van der Waals surface area contributed by atoms with Crippen molar-refractivity contribution in [3.8, 4) is 0 Å². The standard InChI is InChI=1S/C19H20N2O2/c1-15(22)21-12-13-23-19(21)20-18(17-10-6-3-7-11-17)14-16-8-4-2-5-9-16/h2-11,18H,12-14H2,1H3. The van der Waals surface area contributed by atoms with Gasteiger partial charge in [-0.05, 0) is 17.5 Å². The molecule has 1 unspecified atom stereocenters. The van der Waals surface area contributed by atoms with Crippen LogP contribution < -0.4 is 0 Å². The highest BCUT2D eigenvalue weighted by molar-refractivity contribution is 5.94. The maximum absolute atomic E-state index is 11.7. The summed E-state index contributed by atoms with van der Waals surface area (Å²) >= 11 is 0. The van der Waals surface area contributed by atoms with E-state index in [4.69, 9.17) is 9.73 Å². The quantitative estimate of drug-likeness (QED) is 0.870. The summed E-state index contributed by atoms with van der Waals surface area (Å²) in [6.07, 6.45) is 0.767. The number of nitrogens with zero attached hydrogens (tertiary/aromatic N) is 2. The fourth-order valence-electron chi connectivity index (χ4n) is 2.68. The SMILES string of the molecule is CC(=O)N1CCOC1=NC(Cc1ccccc1)c1ccccc1.